The number of hydrogen-bond acceptors (Lipinski definition) is 5. The Morgan fingerprint density at radius 1 is 1.10 bits per heavy atom. The minimum Gasteiger partial charge on any atom is -0.497 e. The standard InChI is InChI=1S/C24H27N5O2/c1-15(2)17-6-4-16(5-7-17)12-22-23(30)27-24(29-28-22)25-11-10-18-14-26-21-9-8-19(31-3)13-20(18)21/h4-9,13-15,26H,10-12H2,1-3H3,(H2,25,27,29,30). The highest BCUT2D eigenvalue weighted by atomic mass is 16.5. The normalized spacial score (nSPS) is 11.2. The van der Waals surface area contributed by atoms with Gasteiger partial charge in [-0.05, 0) is 47.2 Å². The van der Waals surface area contributed by atoms with Crippen molar-refractivity contribution in [3.05, 3.63) is 81.4 Å². The van der Waals surface area contributed by atoms with Gasteiger partial charge >= 0.3 is 0 Å². The van der Waals surface area contributed by atoms with Crippen LogP contribution in [0.4, 0.5) is 5.95 Å². The van der Waals surface area contributed by atoms with Crippen LogP contribution >= 0.6 is 0 Å². The van der Waals surface area contributed by atoms with Crippen LogP contribution in [0.3, 0.4) is 0 Å². The number of anilines is 1. The van der Waals surface area contributed by atoms with Crippen LogP contribution in [0.5, 0.6) is 5.75 Å². The maximum atomic E-state index is 12.4. The van der Waals surface area contributed by atoms with Gasteiger partial charge in [-0.1, -0.05) is 38.1 Å². The Bertz CT molecular complexity index is 1220. The number of rotatable bonds is 8. The Kier molecular flexibility index (Phi) is 6.02. The number of H-pyrrole nitrogens is 2. The van der Waals surface area contributed by atoms with Crippen molar-refractivity contribution in [1.82, 2.24) is 20.2 Å². The Hall–Kier alpha value is -3.61. The van der Waals surface area contributed by atoms with Gasteiger partial charge in [-0.2, -0.15) is 0 Å². The number of methoxy groups -OCH3 is 1. The second kappa shape index (κ2) is 9.04. The maximum Gasteiger partial charge on any atom is 0.274 e. The van der Waals surface area contributed by atoms with E-state index < -0.39 is 0 Å². The lowest BCUT2D eigenvalue weighted by Gasteiger charge is -2.07. The molecule has 0 unspecified atom stereocenters. The van der Waals surface area contributed by atoms with E-state index in [0.717, 1.165) is 34.2 Å². The summed E-state index contributed by atoms with van der Waals surface area (Å²) in [6.07, 6.45) is 3.22. The van der Waals surface area contributed by atoms with Crippen molar-refractivity contribution in [3.8, 4) is 5.75 Å². The SMILES string of the molecule is COc1ccc2[nH]cc(CCNc3nnc(Cc4ccc(C(C)C)cc4)c(=O)[nH]3)c2c1. The highest BCUT2D eigenvalue weighted by molar-refractivity contribution is 5.84. The Balaban J connectivity index is 1.38. The minimum absolute atomic E-state index is 0.220. The molecule has 0 atom stereocenters. The monoisotopic (exact) mass is 417 g/mol. The lowest BCUT2D eigenvalue weighted by Crippen LogP contribution is -2.20. The highest BCUT2D eigenvalue weighted by Gasteiger charge is 2.08. The van der Waals surface area contributed by atoms with Crippen LogP contribution in [0.2, 0.25) is 0 Å². The first-order valence-electron chi connectivity index (χ1n) is 10.5. The topological polar surface area (TPSA) is 95.7 Å². The van der Waals surface area contributed by atoms with E-state index in [1.165, 1.54) is 5.56 Å². The molecule has 0 radical (unpaired) electrons. The van der Waals surface area contributed by atoms with Crippen LogP contribution < -0.4 is 15.6 Å². The zero-order valence-electron chi connectivity index (χ0n) is 18.0. The van der Waals surface area contributed by atoms with Gasteiger partial charge in [0.2, 0.25) is 5.95 Å². The van der Waals surface area contributed by atoms with Crippen molar-refractivity contribution >= 4 is 16.9 Å². The average Bonchev–Trinajstić information content (AvgIpc) is 3.18. The van der Waals surface area contributed by atoms with E-state index in [1.807, 2.05) is 36.5 Å². The number of aromatic amines is 2. The molecule has 3 N–H and O–H groups in total. The summed E-state index contributed by atoms with van der Waals surface area (Å²) >= 11 is 0. The minimum atomic E-state index is -0.220. The van der Waals surface area contributed by atoms with Crippen molar-refractivity contribution in [3.63, 3.8) is 0 Å². The molecule has 2 heterocycles. The highest BCUT2D eigenvalue weighted by Crippen LogP contribution is 2.24. The van der Waals surface area contributed by atoms with Crippen LogP contribution in [0.15, 0.2) is 53.5 Å². The number of fused-ring (bicyclic) bond motifs is 1. The molecule has 4 aromatic rings. The van der Waals surface area contributed by atoms with Crippen molar-refractivity contribution in [2.45, 2.75) is 32.6 Å². The second-order valence-corrected chi connectivity index (χ2v) is 7.92. The smallest absolute Gasteiger partial charge is 0.274 e. The van der Waals surface area contributed by atoms with Gasteiger partial charge in [0.05, 0.1) is 7.11 Å². The van der Waals surface area contributed by atoms with Gasteiger partial charge < -0.3 is 15.0 Å². The summed E-state index contributed by atoms with van der Waals surface area (Å²) in [7, 11) is 1.66. The van der Waals surface area contributed by atoms with E-state index in [0.29, 0.717) is 30.5 Å². The molecule has 0 aliphatic heterocycles. The summed E-state index contributed by atoms with van der Waals surface area (Å²) in [5.41, 5.74) is 4.73. The van der Waals surface area contributed by atoms with Crippen LogP contribution in [-0.2, 0) is 12.8 Å². The molecule has 0 bridgehead atoms. The van der Waals surface area contributed by atoms with E-state index in [-0.39, 0.29) is 5.56 Å². The first-order chi connectivity index (χ1) is 15.0. The molecule has 0 saturated carbocycles. The van der Waals surface area contributed by atoms with E-state index in [2.05, 4.69) is 51.5 Å². The number of nitrogens with zero attached hydrogens (tertiary/aromatic N) is 2. The number of nitrogens with one attached hydrogen (secondary N) is 3. The molecule has 160 valence electrons. The molecule has 7 heteroatoms. The molecule has 0 spiro atoms. The lowest BCUT2D eigenvalue weighted by molar-refractivity contribution is 0.415. The van der Waals surface area contributed by atoms with Crippen molar-refractivity contribution < 1.29 is 4.74 Å². The summed E-state index contributed by atoms with van der Waals surface area (Å²) in [5, 5.41) is 12.6. The number of aromatic nitrogens is 4. The number of benzene rings is 2. The third-order valence-corrected chi connectivity index (χ3v) is 5.44. The Morgan fingerprint density at radius 3 is 2.61 bits per heavy atom. The van der Waals surface area contributed by atoms with Crippen LogP contribution in [0, 0.1) is 0 Å². The van der Waals surface area contributed by atoms with Gasteiger partial charge in [-0.15, -0.1) is 10.2 Å². The molecular formula is C24H27N5O2. The second-order valence-electron chi connectivity index (χ2n) is 7.92. The van der Waals surface area contributed by atoms with Gasteiger partial charge in [0, 0.05) is 30.1 Å². The number of hydrogen-bond donors (Lipinski definition) is 3. The molecule has 0 saturated heterocycles. The van der Waals surface area contributed by atoms with Crippen molar-refractivity contribution in [2.75, 3.05) is 19.0 Å². The largest absolute Gasteiger partial charge is 0.497 e. The molecule has 4 rings (SSSR count). The fourth-order valence-electron chi connectivity index (χ4n) is 3.58. The van der Waals surface area contributed by atoms with Crippen LogP contribution in [-0.4, -0.2) is 33.8 Å². The maximum absolute atomic E-state index is 12.4. The summed E-state index contributed by atoms with van der Waals surface area (Å²) in [6.45, 7) is 4.93. The van der Waals surface area contributed by atoms with Crippen LogP contribution in [0.25, 0.3) is 10.9 Å². The van der Waals surface area contributed by atoms with Crippen LogP contribution in [0.1, 0.15) is 42.1 Å². The molecule has 0 amide bonds. The summed E-state index contributed by atoms with van der Waals surface area (Å²) < 4.78 is 5.32. The molecule has 2 aromatic heterocycles. The average molecular weight is 418 g/mol. The zero-order chi connectivity index (χ0) is 21.8. The molecular weight excluding hydrogens is 390 g/mol. The van der Waals surface area contributed by atoms with E-state index in [4.69, 9.17) is 4.74 Å². The first kappa shape index (κ1) is 20.7. The molecule has 31 heavy (non-hydrogen) atoms. The zero-order valence-corrected chi connectivity index (χ0v) is 18.0. The fourth-order valence-corrected chi connectivity index (χ4v) is 3.58. The van der Waals surface area contributed by atoms with E-state index in [1.54, 1.807) is 7.11 Å². The van der Waals surface area contributed by atoms with Gasteiger partial charge in [0.1, 0.15) is 11.4 Å². The summed E-state index contributed by atoms with van der Waals surface area (Å²) in [5.74, 6) is 1.68. The van der Waals surface area contributed by atoms with E-state index >= 15 is 0 Å². The van der Waals surface area contributed by atoms with Gasteiger partial charge in [0.15, 0.2) is 0 Å². The Labute approximate surface area is 180 Å². The van der Waals surface area contributed by atoms with Gasteiger partial charge in [-0.25, -0.2) is 0 Å². The predicted molar refractivity (Wildman–Crippen MR) is 123 cm³/mol. The summed E-state index contributed by atoms with van der Waals surface area (Å²) in [4.78, 5) is 18.5. The fraction of sp³-hybridized carbons (Fsp3) is 0.292. The molecule has 0 aliphatic rings. The molecule has 7 nitrogen and oxygen atoms in total. The predicted octanol–water partition coefficient (Wildman–Crippen LogP) is 4.02. The Morgan fingerprint density at radius 2 is 1.90 bits per heavy atom. The quantitative estimate of drug-likeness (QED) is 0.402. The number of ether oxygens (including phenoxy) is 1. The van der Waals surface area contributed by atoms with Crippen molar-refractivity contribution in [2.24, 2.45) is 0 Å². The first-order valence-corrected chi connectivity index (χ1v) is 10.5. The molecule has 2 aromatic carbocycles. The molecule has 0 aliphatic carbocycles. The summed E-state index contributed by atoms with van der Waals surface area (Å²) in [6, 6.07) is 14.2. The van der Waals surface area contributed by atoms with Crippen molar-refractivity contribution in [1.29, 1.82) is 0 Å². The molecule has 0 fully saturated rings. The van der Waals surface area contributed by atoms with E-state index in [9.17, 15) is 4.79 Å². The van der Waals surface area contributed by atoms with Gasteiger partial charge in [0.25, 0.3) is 5.56 Å². The third-order valence-electron chi connectivity index (χ3n) is 5.44. The van der Waals surface area contributed by atoms with Gasteiger partial charge in [-0.3, -0.25) is 9.78 Å². The third kappa shape index (κ3) is 4.77. The lowest BCUT2D eigenvalue weighted by atomic mass is 10.0.